The monoisotopic (exact) mass is 433 g/mol. The van der Waals surface area contributed by atoms with Gasteiger partial charge in [0.2, 0.25) is 11.9 Å². The number of amides is 1. The molecule has 1 aromatic rings. The average Bonchev–Trinajstić information content (AvgIpc) is 3.69. The predicted octanol–water partition coefficient (Wildman–Crippen LogP) is 3.33. The van der Waals surface area contributed by atoms with Gasteiger partial charge in [0.05, 0.1) is 18.4 Å². The summed E-state index contributed by atoms with van der Waals surface area (Å²) in [5.74, 6) is 2.41. The Bertz CT molecular complexity index is 736. The van der Waals surface area contributed by atoms with Crippen molar-refractivity contribution in [2.75, 3.05) is 30.3 Å². The number of carbonyl (C=O) groups excluding carboxylic acids is 1. The summed E-state index contributed by atoms with van der Waals surface area (Å²) in [6.45, 7) is 5.97. The highest BCUT2D eigenvalue weighted by atomic mass is 32.2. The fourth-order valence-electron chi connectivity index (χ4n) is 4.99. The van der Waals surface area contributed by atoms with E-state index in [1.54, 1.807) is 11.8 Å². The van der Waals surface area contributed by atoms with E-state index in [0.717, 1.165) is 50.2 Å². The molecule has 2 unspecified atom stereocenters. The van der Waals surface area contributed by atoms with Crippen LogP contribution in [0, 0.1) is 5.92 Å². The molecule has 1 amide bonds. The molecule has 0 N–H and O–H groups in total. The molecule has 0 radical (unpaired) electrons. The third-order valence-corrected chi connectivity index (χ3v) is 7.99. The van der Waals surface area contributed by atoms with Gasteiger partial charge in [-0.05, 0) is 70.6 Å². The minimum absolute atomic E-state index is 0.234. The van der Waals surface area contributed by atoms with Gasteiger partial charge >= 0.3 is 0 Å². The van der Waals surface area contributed by atoms with Crippen LogP contribution < -0.4 is 4.90 Å². The van der Waals surface area contributed by atoms with Crippen molar-refractivity contribution < 1.29 is 9.53 Å². The molecule has 1 aromatic heterocycles. The molecular weight excluding hydrogens is 398 g/mol. The molecule has 2 saturated heterocycles. The number of piperidine rings is 1. The van der Waals surface area contributed by atoms with Gasteiger partial charge in [-0.15, -0.1) is 10.2 Å². The Labute approximate surface area is 183 Å². The molecule has 5 rings (SSSR count). The summed E-state index contributed by atoms with van der Waals surface area (Å²) in [5, 5.41) is 9.96. The van der Waals surface area contributed by atoms with Gasteiger partial charge in [0.25, 0.3) is 0 Å². The minimum atomic E-state index is 0.234. The van der Waals surface area contributed by atoms with E-state index < -0.39 is 0 Å². The number of nitrogens with zero attached hydrogens (tertiary/aromatic N) is 5. The average molecular weight is 434 g/mol. The van der Waals surface area contributed by atoms with E-state index in [9.17, 15) is 4.79 Å². The number of carbonyl (C=O) groups is 1. The fourth-order valence-corrected chi connectivity index (χ4v) is 5.80. The maximum Gasteiger partial charge on any atom is 0.233 e. The molecule has 2 aliphatic heterocycles. The van der Waals surface area contributed by atoms with Gasteiger partial charge in [-0.25, -0.2) is 0 Å². The summed E-state index contributed by atoms with van der Waals surface area (Å²) < 4.78 is 8.14. The molecule has 4 aliphatic rings. The van der Waals surface area contributed by atoms with Gasteiger partial charge in [-0.1, -0.05) is 11.8 Å². The Morgan fingerprint density at radius 3 is 2.60 bits per heavy atom. The van der Waals surface area contributed by atoms with Crippen LogP contribution in [0.5, 0.6) is 0 Å². The first-order valence-electron chi connectivity index (χ1n) is 11.9. The number of anilines is 1. The Kier molecular flexibility index (Phi) is 6.23. The lowest BCUT2D eigenvalue weighted by atomic mass is 10.1. The van der Waals surface area contributed by atoms with Gasteiger partial charge in [0.1, 0.15) is 0 Å². The van der Waals surface area contributed by atoms with Crippen molar-refractivity contribution >= 4 is 23.6 Å². The summed E-state index contributed by atoms with van der Waals surface area (Å²) in [6, 6.07) is 0.863. The molecular formula is C22H35N5O2S. The van der Waals surface area contributed by atoms with Crippen LogP contribution in [0.4, 0.5) is 5.95 Å². The molecule has 30 heavy (non-hydrogen) atoms. The Morgan fingerprint density at radius 2 is 1.93 bits per heavy atom. The zero-order chi connectivity index (χ0) is 20.5. The van der Waals surface area contributed by atoms with Crippen molar-refractivity contribution in [2.45, 2.75) is 94.6 Å². The minimum Gasteiger partial charge on any atom is -0.376 e. The number of rotatable bonds is 9. The molecule has 0 bridgehead atoms. The standard InChI is InChI=1S/C22H35N5O2S/c1-16(17-7-8-17)27(18-9-10-18)20(28)15-30-22-24-23-21(25-11-3-2-4-12-25)26(22)14-19-6-5-13-29-19/h16-19H,2-15H2,1H3. The first-order valence-corrected chi connectivity index (χ1v) is 12.9. The lowest BCUT2D eigenvalue weighted by Gasteiger charge is -2.30. The van der Waals surface area contributed by atoms with Crippen LogP contribution in [0.1, 0.15) is 64.7 Å². The zero-order valence-corrected chi connectivity index (χ0v) is 19.0. The third kappa shape index (κ3) is 4.64. The van der Waals surface area contributed by atoms with Gasteiger partial charge in [-0.3, -0.25) is 9.36 Å². The summed E-state index contributed by atoms with van der Waals surface area (Å²) in [6.07, 6.45) is 11.1. The maximum absolute atomic E-state index is 13.1. The Hall–Kier alpha value is -1.28. The fraction of sp³-hybridized carbons (Fsp3) is 0.864. The molecule has 8 heteroatoms. The molecule has 166 valence electrons. The largest absolute Gasteiger partial charge is 0.376 e. The van der Waals surface area contributed by atoms with E-state index in [1.807, 2.05) is 0 Å². The normalized spacial score (nSPS) is 25.5. The van der Waals surface area contributed by atoms with Crippen LogP contribution in [0.3, 0.4) is 0 Å². The number of ether oxygens (including phenoxy) is 1. The quantitative estimate of drug-likeness (QED) is 0.557. The van der Waals surface area contributed by atoms with Crippen LogP contribution in [-0.4, -0.2) is 69.2 Å². The molecule has 2 atom stereocenters. The Morgan fingerprint density at radius 1 is 1.13 bits per heavy atom. The summed E-state index contributed by atoms with van der Waals surface area (Å²) in [7, 11) is 0. The zero-order valence-electron chi connectivity index (χ0n) is 18.2. The molecule has 0 aromatic carbocycles. The summed E-state index contributed by atoms with van der Waals surface area (Å²) in [4.78, 5) is 17.7. The van der Waals surface area contributed by atoms with Crippen molar-refractivity contribution in [3.8, 4) is 0 Å². The van der Waals surface area contributed by atoms with Crippen LogP contribution in [0.25, 0.3) is 0 Å². The van der Waals surface area contributed by atoms with Gasteiger partial charge in [0, 0.05) is 31.8 Å². The summed E-state index contributed by atoms with van der Waals surface area (Å²) in [5.41, 5.74) is 0. The SMILES string of the molecule is CC(C1CC1)N(C(=O)CSc1nnc(N2CCCCC2)n1CC1CCCO1)C1CC1. The van der Waals surface area contributed by atoms with Gasteiger partial charge in [0.15, 0.2) is 5.16 Å². The first kappa shape index (κ1) is 20.6. The highest BCUT2D eigenvalue weighted by molar-refractivity contribution is 7.99. The van der Waals surface area contributed by atoms with Crippen molar-refractivity contribution in [2.24, 2.45) is 5.92 Å². The topological polar surface area (TPSA) is 63.5 Å². The summed E-state index contributed by atoms with van der Waals surface area (Å²) >= 11 is 1.56. The predicted molar refractivity (Wildman–Crippen MR) is 118 cm³/mol. The highest BCUT2D eigenvalue weighted by Crippen LogP contribution is 2.40. The van der Waals surface area contributed by atoms with Crippen LogP contribution in [-0.2, 0) is 16.1 Å². The second-order valence-electron chi connectivity index (χ2n) is 9.47. The lowest BCUT2D eigenvalue weighted by molar-refractivity contribution is -0.131. The van der Waals surface area contributed by atoms with E-state index >= 15 is 0 Å². The second kappa shape index (κ2) is 9.07. The van der Waals surface area contributed by atoms with Crippen LogP contribution in [0.15, 0.2) is 5.16 Å². The molecule has 7 nitrogen and oxygen atoms in total. The maximum atomic E-state index is 13.1. The second-order valence-corrected chi connectivity index (χ2v) is 10.4. The van der Waals surface area contributed by atoms with E-state index in [2.05, 4.69) is 31.5 Å². The number of hydrogen-bond donors (Lipinski definition) is 0. The number of hydrogen-bond acceptors (Lipinski definition) is 6. The van der Waals surface area contributed by atoms with Crippen molar-refractivity contribution in [1.29, 1.82) is 0 Å². The Balaban J connectivity index is 1.29. The smallest absolute Gasteiger partial charge is 0.233 e. The van der Waals surface area contributed by atoms with E-state index in [0.29, 0.717) is 23.8 Å². The first-order chi connectivity index (χ1) is 14.7. The number of thioether (sulfide) groups is 1. The van der Waals surface area contributed by atoms with Crippen molar-refractivity contribution in [3.63, 3.8) is 0 Å². The molecule has 2 saturated carbocycles. The molecule has 0 spiro atoms. The highest BCUT2D eigenvalue weighted by Gasteiger charge is 2.41. The molecule has 2 aliphatic carbocycles. The van der Waals surface area contributed by atoms with Crippen molar-refractivity contribution in [3.05, 3.63) is 0 Å². The molecule has 4 fully saturated rings. The van der Waals surface area contributed by atoms with Crippen LogP contribution >= 0.6 is 11.8 Å². The number of aromatic nitrogens is 3. The lowest BCUT2D eigenvalue weighted by Crippen LogP contribution is -2.42. The molecule has 3 heterocycles. The van der Waals surface area contributed by atoms with E-state index in [1.165, 1.54) is 44.9 Å². The van der Waals surface area contributed by atoms with Crippen LogP contribution in [0.2, 0.25) is 0 Å². The van der Waals surface area contributed by atoms with Crippen molar-refractivity contribution in [1.82, 2.24) is 19.7 Å². The van der Waals surface area contributed by atoms with Gasteiger partial charge < -0.3 is 14.5 Å². The van der Waals surface area contributed by atoms with E-state index in [-0.39, 0.29) is 12.0 Å². The van der Waals surface area contributed by atoms with E-state index in [4.69, 9.17) is 4.74 Å². The third-order valence-electron chi connectivity index (χ3n) is 7.04. The van der Waals surface area contributed by atoms with Gasteiger partial charge in [-0.2, -0.15) is 0 Å².